The van der Waals surface area contributed by atoms with E-state index in [1.165, 1.54) is 24.3 Å². The molecule has 4 heteroatoms. The average molecular weight is 204 g/mol. The molecular weight excluding hydrogens is 196 g/mol. The summed E-state index contributed by atoms with van der Waals surface area (Å²) in [6, 6.07) is 5.92. The fourth-order valence-corrected chi connectivity index (χ4v) is 1.37. The lowest BCUT2D eigenvalue weighted by atomic mass is 10.1. The molecule has 1 heterocycles. The molecule has 1 aromatic carbocycles. The number of hydrogen-bond donors (Lipinski definition) is 1. The maximum absolute atomic E-state index is 11.3. The van der Waals surface area contributed by atoms with Crippen molar-refractivity contribution in [2.75, 3.05) is 0 Å². The van der Waals surface area contributed by atoms with Gasteiger partial charge >= 0.3 is 5.97 Å². The van der Waals surface area contributed by atoms with Gasteiger partial charge in [-0.15, -0.1) is 0 Å². The molecule has 2 rings (SSSR count). The molecule has 0 amide bonds. The maximum atomic E-state index is 11.3. The molecular formula is C11H8O4. The zero-order chi connectivity index (χ0) is 10.8. The van der Waals surface area contributed by atoms with Gasteiger partial charge in [0, 0.05) is 11.6 Å². The second kappa shape index (κ2) is 3.57. The molecule has 0 saturated heterocycles. The minimum absolute atomic E-state index is 0.298. The third-order valence-electron chi connectivity index (χ3n) is 2.10. The Bertz CT molecular complexity index is 490. The summed E-state index contributed by atoms with van der Waals surface area (Å²) in [6.45, 7) is 0. The van der Waals surface area contributed by atoms with Crippen LogP contribution in [0.1, 0.15) is 11.7 Å². The van der Waals surface area contributed by atoms with E-state index in [4.69, 9.17) is 4.74 Å². The summed E-state index contributed by atoms with van der Waals surface area (Å²) in [4.78, 5) is 22.1. The number of ether oxygens (including phenoxy) is 1. The molecule has 0 aliphatic carbocycles. The van der Waals surface area contributed by atoms with Gasteiger partial charge in [0.2, 0.25) is 5.43 Å². The maximum Gasteiger partial charge on any atom is 0.331 e. The zero-order valence-corrected chi connectivity index (χ0v) is 7.71. The highest BCUT2D eigenvalue weighted by atomic mass is 16.5. The van der Waals surface area contributed by atoms with Crippen molar-refractivity contribution in [1.82, 2.24) is 0 Å². The lowest BCUT2D eigenvalue weighted by Crippen LogP contribution is -2.03. The Labute approximate surface area is 85.4 Å². The van der Waals surface area contributed by atoms with E-state index < -0.39 is 17.5 Å². The minimum Gasteiger partial charge on any atom is -0.504 e. The first-order valence-corrected chi connectivity index (χ1v) is 4.39. The summed E-state index contributed by atoms with van der Waals surface area (Å²) >= 11 is 0. The third-order valence-corrected chi connectivity index (χ3v) is 2.10. The summed E-state index contributed by atoms with van der Waals surface area (Å²) in [5.74, 6) is -0.859. The second-order valence-corrected chi connectivity index (χ2v) is 3.10. The van der Waals surface area contributed by atoms with Crippen molar-refractivity contribution in [1.29, 1.82) is 0 Å². The van der Waals surface area contributed by atoms with Gasteiger partial charge in [0.05, 0.1) is 0 Å². The van der Waals surface area contributed by atoms with Gasteiger partial charge < -0.3 is 9.84 Å². The summed E-state index contributed by atoms with van der Waals surface area (Å²) in [7, 11) is 0. The highest BCUT2D eigenvalue weighted by Gasteiger charge is 2.21. The van der Waals surface area contributed by atoms with Gasteiger partial charge in [-0.2, -0.15) is 0 Å². The molecule has 0 bridgehead atoms. The number of carbonyl (C=O) groups is 1. The summed E-state index contributed by atoms with van der Waals surface area (Å²) < 4.78 is 4.88. The molecule has 0 radical (unpaired) electrons. The fraction of sp³-hybridized carbons (Fsp3) is 0.0909. The molecule has 76 valence electrons. The molecule has 1 unspecified atom stereocenters. The van der Waals surface area contributed by atoms with Crippen molar-refractivity contribution >= 4 is 5.97 Å². The Morgan fingerprint density at radius 1 is 1.20 bits per heavy atom. The molecule has 1 atom stereocenters. The van der Waals surface area contributed by atoms with Crippen LogP contribution >= 0.6 is 0 Å². The lowest BCUT2D eigenvalue weighted by molar-refractivity contribution is -0.138. The van der Waals surface area contributed by atoms with Crippen molar-refractivity contribution in [2.45, 2.75) is 6.10 Å². The van der Waals surface area contributed by atoms with E-state index in [0.29, 0.717) is 5.56 Å². The van der Waals surface area contributed by atoms with Crippen LogP contribution in [0.15, 0.2) is 41.2 Å². The number of rotatable bonds is 1. The van der Waals surface area contributed by atoms with Crippen LogP contribution in [0.3, 0.4) is 0 Å². The lowest BCUT2D eigenvalue weighted by Gasteiger charge is -2.07. The predicted octanol–water partition coefficient (Wildman–Crippen LogP) is 0.906. The highest BCUT2D eigenvalue weighted by Crippen LogP contribution is 2.27. The van der Waals surface area contributed by atoms with Crippen LogP contribution in [0.5, 0.6) is 5.75 Å². The Morgan fingerprint density at radius 3 is 2.60 bits per heavy atom. The van der Waals surface area contributed by atoms with E-state index in [9.17, 15) is 14.7 Å². The van der Waals surface area contributed by atoms with E-state index in [1.54, 1.807) is 12.1 Å². The monoisotopic (exact) mass is 204 g/mol. The Hall–Kier alpha value is -2.10. The van der Waals surface area contributed by atoms with Gasteiger partial charge in [-0.1, -0.05) is 18.2 Å². The summed E-state index contributed by atoms with van der Waals surface area (Å²) in [5.41, 5.74) is -0.196. The molecule has 1 aromatic rings. The average Bonchev–Trinajstić information content (AvgIpc) is 2.56. The molecule has 0 aromatic heterocycles. The van der Waals surface area contributed by atoms with Crippen LogP contribution in [0, 0.1) is 0 Å². The fourth-order valence-electron chi connectivity index (χ4n) is 1.37. The van der Waals surface area contributed by atoms with Crippen molar-refractivity contribution < 1.29 is 14.6 Å². The van der Waals surface area contributed by atoms with Crippen molar-refractivity contribution in [3.8, 4) is 5.75 Å². The Morgan fingerprint density at radius 2 is 1.93 bits per heavy atom. The van der Waals surface area contributed by atoms with E-state index >= 15 is 0 Å². The van der Waals surface area contributed by atoms with Crippen molar-refractivity contribution in [2.24, 2.45) is 0 Å². The highest BCUT2D eigenvalue weighted by molar-refractivity contribution is 5.84. The molecule has 1 N–H and O–H groups in total. The van der Waals surface area contributed by atoms with Crippen LogP contribution in [-0.2, 0) is 9.53 Å². The van der Waals surface area contributed by atoms with E-state index in [-0.39, 0.29) is 5.75 Å². The molecule has 0 fully saturated rings. The predicted molar refractivity (Wildman–Crippen MR) is 52.3 cm³/mol. The Kier molecular flexibility index (Phi) is 2.25. The van der Waals surface area contributed by atoms with Gasteiger partial charge in [-0.3, -0.25) is 4.79 Å². The summed E-state index contributed by atoms with van der Waals surface area (Å²) in [5, 5.41) is 9.57. The number of aromatic hydroxyl groups is 1. The smallest absolute Gasteiger partial charge is 0.331 e. The van der Waals surface area contributed by atoms with Gasteiger partial charge in [0.25, 0.3) is 0 Å². The number of carbonyl (C=O) groups excluding carboxylic acids is 1. The zero-order valence-electron chi connectivity index (χ0n) is 7.71. The number of cyclic esters (lactones) is 1. The molecule has 15 heavy (non-hydrogen) atoms. The Balaban J connectivity index is 2.51. The molecule has 0 spiro atoms. The van der Waals surface area contributed by atoms with Crippen LogP contribution in [0.2, 0.25) is 0 Å². The first kappa shape index (κ1) is 9.45. The van der Waals surface area contributed by atoms with E-state index in [1.807, 2.05) is 0 Å². The van der Waals surface area contributed by atoms with E-state index in [2.05, 4.69) is 0 Å². The SMILES string of the molecule is O=C1C=CC(c2ccccc(=O)c2O)O1. The number of hydrogen-bond acceptors (Lipinski definition) is 4. The normalized spacial score (nSPS) is 18.9. The van der Waals surface area contributed by atoms with Crippen LogP contribution in [0.4, 0.5) is 0 Å². The first-order chi connectivity index (χ1) is 7.18. The van der Waals surface area contributed by atoms with E-state index in [0.717, 1.165) is 0 Å². The number of esters is 1. The standard InChI is InChI=1S/C11H8O4/c12-8-4-2-1-3-7(11(8)14)9-5-6-10(13)15-9/h1-6,9H,(H,12,14). The van der Waals surface area contributed by atoms with Crippen LogP contribution in [-0.4, -0.2) is 11.1 Å². The van der Waals surface area contributed by atoms with Crippen LogP contribution in [0.25, 0.3) is 0 Å². The second-order valence-electron chi connectivity index (χ2n) is 3.10. The topological polar surface area (TPSA) is 63.6 Å². The summed E-state index contributed by atoms with van der Waals surface area (Å²) in [6.07, 6.45) is 2.09. The quantitative estimate of drug-likeness (QED) is 0.690. The third kappa shape index (κ3) is 1.74. The molecule has 4 nitrogen and oxygen atoms in total. The largest absolute Gasteiger partial charge is 0.504 e. The first-order valence-electron chi connectivity index (χ1n) is 4.39. The van der Waals surface area contributed by atoms with Crippen molar-refractivity contribution in [3.63, 3.8) is 0 Å². The minimum atomic E-state index is -0.669. The van der Waals surface area contributed by atoms with Gasteiger partial charge in [0.1, 0.15) is 6.10 Å². The van der Waals surface area contributed by atoms with Gasteiger partial charge in [-0.25, -0.2) is 4.79 Å². The molecule has 0 saturated carbocycles. The molecule has 1 aliphatic heterocycles. The molecule has 1 aliphatic rings. The van der Waals surface area contributed by atoms with Gasteiger partial charge in [0.15, 0.2) is 5.75 Å². The van der Waals surface area contributed by atoms with Crippen molar-refractivity contribution in [3.05, 3.63) is 52.2 Å². The van der Waals surface area contributed by atoms with Gasteiger partial charge in [-0.05, 0) is 12.1 Å². The van der Waals surface area contributed by atoms with Crippen LogP contribution < -0.4 is 5.43 Å².